The average molecular weight is 309 g/mol. The Morgan fingerprint density at radius 2 is 1.96 bits per heavy atom. The van der Waals surface area contributed by atoms with Gasteiger partial charge in [-0.25, -0.2) is 15.0 Å². The molecule has 0 aliphatic carbocycles. The van der Waals surface area contributed by atoms with Crippen LogP contribution < -0.4 is 4.90 Å². The fourth-order valence-corrected chi connectivity index (χ4v) is 2.93. The molecule has 4 rings (SSSR count). The van der Waals surface area contributed by atoms with Crippen molar-refractivity contribution >= 4 is 17.0 Å². The summed E-state index contributed by atoms with van der Waals surface area (Å²) in [5.74, 6) is 1.73. The molecule has 0 radical (unpaired) electrons. The van der Waals surface area contributed by atoms with E-state index in [0.29, 0.717) is 0 Å². The van der Waals surface area contributed by atoms with Crippen molar-refractivity contribution in [3.05, 3.63) is 36.2 Å². The molecule has 1 fully saturated rings. The highest BCUT2D eigenvalue weighted by Gasteiger charge is 2.18. The number of pyridine rings is 2. The third-order valence-electron chi connectivity index (χ3n) is 4.29. The minimum Gasteiger partial charge on any atom is -0.393 e. The van der Waals surface area contributed by atoms with E-state index in [1.54, 1.807) is 0 Å². The fourth-order valence-electron chi connectivity index (χ4n) is 2.93. The molecule has 3 aromatic rings. The second-order valence-corrected chi connectivity index (χ2v) is 6.03. The molecule has 1 saturated heterocycles. The third kappa shape index (κ3) is 2.77. The molecule has 0 spiro atoms. The number of piperidine rings is 1. The number of aliphatic hydroxyl groups is 1. The lowest BCUT2D eigenvalue weighted by Gasteiger charge is -2.30. The number of aromatic amines is 1. The number of nitrogens with zero attached hydrogens (tertiary/aromatic N) is 4. The average Bonchev–Trinajstić information content (AvgIpc) is 2.99. The van der Waals surface area contributed by atoms with Crippen molar-refractivity contribution in [2.24, 2.45) is 0 Å². The molecule has 23 heavy (non-hydrogen) atoms. The van der Waals surface area contributed by atoms with Gasteiger partial charge in [-0.3, -0.25) is 0 Å². The second-order valence-electron chi connectivity index (χ2n) is 6.03. The Balaban J connectivity index is 1.59. The number of aliphatic hydroxyl groups excluding tert-OH is 1. The van der Waals surface area contributed by atoms with Crippen molar-refractivity contribution in [3.8, 4) is 11.4 Å². The van der Waals surface area contributed by atoms with Crippen LogP contribution in [-0.2, 0) is 0 Å². The Labute approximate surface area is 134 Å². The van der Waals surface area contributed by atoms with E-state index < -0.39 is 0 Å². The highest BCUT2D eigenvalue weighted by Crippen LogP contribution is 2.23. The predicted molar refractivity (Wildman–Crippen MR) is 89.3 cm³/mol. The van der Waals surface area contributed by atoms with E-state index in [-0.39, 0.29) is 6.10 Å². The lowest BCUT2D eigenvalue weighted by Crippen LogP contribution is -2.36. The lowest BCUT2D eigenvalue weighted by atomic mass is 10.1. The molecule has 1 aliphatic heterocycles. The van der Waals surface area contributed by atoms with Crippen molar-refractivity contribution in [3.63, 3.8) is 0 Å². The van der Waals surface area contributed by atoms with E-state index in [1.165, 1.54) is 0 Å². The number of nitrogens with one attached hydrogen (secondary N) is 1. The molecule has 2 N–H and O–H groups in total. The van der Waals surface area contributed by atoms with Crippen molar-refractivity contribution in [1.82, 2.24) is 19.9 Å². The number of aromatic nitrogens is 4. The molecule has 1 aliphatic rings. The van der Waals surface area contributed by atoms with Gasteiger partial charge in [-0.05, 0) is 44.0 Å². The maximum absolute atomic E-state index is 9.59. The molecule has 0 unspecified atom stereocenters. The van der Waals surface area contributed by atoms with Crippen molar-refractivity contribution in [2.45, 2.75) is 25.9 Å². The molecule has 0 saturated carbocycles. The molecule has 3 aromatic heterocycles. The minimum atomic E-state index is -0.169. The van der Waals surface area contributed by atoms with Crippen LogP contribution in [0.4, 0.5) is 5.82 Å². The van der Waals surface area contributed by atoms with Crippen LogP contribution in [0.15, 0.2) is 30.5 Å². The first-order valence-corrected chi connectivity index (χ1v) is 7.92. The van der Waals surface area contributed by atoms with Crippen LogP contribution in [0, 0.1) is 6.92 Å². The van der Waals surface area contributed by atoms with Crippen LogP contribution >= 0.6 is 0 Å². The van der Waals surface area contributed by atoms with Gasteiger partial charge in [-0.2, -0.15) is 0 Å². The van der Waals surface area contributed by atoms with E-state index in [2.05, 4.69) is 24.8 Å². The number of aryl methyl sites for hydroxylation is 1. The van der Waals surface area contributed by atoms with Gasteiger partial charge in [0.2, 0.25) is 0 Å². The smallest absolute Gasteiger partial charge is 0.178 e. The van der Waals surface area contributed by atoms with Gasteiger partial charge in [0.25, 0.3) is 0 Å². The minimum absolute atomic E-state index is 0.169. The van der Waals surface area contributed by atoms with Gasteiger partial charge < -0.3 is 15.0 Å². The van der Waals surface area contributed by atoms with Crippen LogP contribution in [0.1, 0.15) is 18.5 Å². The van der Waals surface area contributed by atoms with Gasteiger partial charge in [0.05, 0.1) is 11.6 Å². The standard InChI is InChI=1S/C17H19N5O/c1-11-2-4-14-17(19-11)21-16(20-14)12-3-5-15(18-10-12)22-8-6-13(23)7-9-22/h2-5,10,13,23H,6-9H2,1H3,(H,19,20,21). The molecule has 0 atom stereocenters. The highest BCUT2D eigenvalue weighted by atomic mass is 16.3. The maximum Gasteiger partial charge on any atom is 0.178 e. The first-order chi connectivity index (χ1) is 11.2. The maximum atomic E-state index is 9.59. The van der Waals surface area contributed by atoms with Gasteiger partial charge >= 0.3 is 0 Å². The predicted octanol–water partition coefficient (Wildman–Crippen LogP) is 2.29. The summed E-state index contributed by atoms with van der Waals surface area (Å²) in [7, 11) is 0. The SMILES string of the molecule is Cc1ccc2[nH]c(-c3ccc(N4CCC(O)CC4)nc3)nc2n1. The Bertz CT molecular complexity index is 819. The zero-order chi connectivity index (χ0) is 15.8. The number of fused-ring (bicyclic) bond motifs is 1. The van der Waals surface area contributed by atoms with Gasteiger partial charge in [-0.1, -0.05) is 0 Å². The number of hydrogen-bond acceptors (Lipinski definition) is 5. The molecule has 4 heterocycles. The van der Waals surface area contributed by atoms with E-state index in [0.717, 1.165) is 60.0 Å². The summed E-state index contributed by atoms with van der Waals surface area (Å²) in [4.78, 5) is 19.0. The summed E-state index contributed by atoms with van der Waals surface area (Å²) in [5.41, 5.74) is 3.56. The molecule has 0 aromatic carbocycles. The van der Waals surface area contributed by atoms with Crippen LogP contribution in [-0.4, -0.2) is 44.2 Å². The number of H-pyrrole nitrogens is 1. The second kappa shape index (κ2) is 5.62. The van der Waals surface area contributed by atoms with Gasteiger partial charge in [-0.15, -0.1) is 0 Å². The van der Waals surface area contributed by atoms with E-state index in [4.69, 9.17) is 0 Å². The van der Waals surface area contributed by atoms with Gasteiger partial charge in [0.15, 0.2) is 5.65 Å². The molecule has 6 heteroatoms. The molecular formula is C17H19N5O. The number of anilines is 1. The fraction of sp³-hybridized carbons (Fsp3) is 0.353. The number of hydrogen-bond donors (Lipinski definition) is 2. The van der Waals surface area contributed by atoms with Crippen molar-refractivity contribution in [2.75, 3.05) is 18.0 Å². The summed E-state index contributed by atoms with van der Waals surface area (Å²) in [5, 5.41) is 9.59. The molecular weight excluding hydrogens is 290 g/mol. The monoisotopic (exact) mass is 309 g/mol. The van der Waals surface area contributed by atoms with Crippen LogP contribution in [0.25, 0.3) is 22.6 Å². The van der Waals surface area contributed by atoms with Crippen LogP contribution in [0.3, 0.4) is 0 Å². The molecule has 0 amide bonds. The lowest BCUT2D eigenvalue weighted by molar-refractivity contribution is 0.145. The van der Waals surface area contributed by atoms with Crippen LogP contribution in [0.5, 0.6) is 0 Å². The van der Waals surface area contributed by atoms with E-state index in [1.807, 2.05) is 37.4 Å². The van der Waals surface area contributed by atoms with Gasteiger partial charge in [0.1, 0.15) is 11.6 Å². The third-order valence-corrected chi connectivity index (χ3v) is 4.29. The largest absolute Gasteiger partial charge is 0.393 e. The summed E-state index contributed by atoms with van der Waals surface area (Å²) < 4.78 is 0. The summed E-state index contributed by atoms with van der Waals surface area (Å²) in [6.07, 6.45) is 3.28. The van der Waals surface area contributed by atoms with E-state index >= 15 is 0 Å². The topological polar surface area (TPSA) is 77.9 Å². The Hall–Kier alpha value is -2.47. The Morgan fingerprint density at radius 1 is 1.13 bits per heavy atom. The molecule has 0 bridgehead atoms. The molecule has 6 nitrogen and oxygen atoms in total. The summed E-state index contributed by atoms with van der Waals surface area (Å²) in [6, 6.07) is 8.00. The normalized spacial score (nSPS) is 16.2. The Morgan fingerprint density at radius 3 is 2.70 bits per heavy atom. The Kier molecular flexibility index (Phi) is 3.46. The van der Waals surface area contributed by atoms with Gasteiger partial charge in [0, 0.05) is 30.5 Å². The highest BCUT2D eigenvalue weighted by molar-refractivity contribution is 5.75. The first-order valence-electron chi connectivity index (χ1n) is 7.92. The quantitative estimate of drug-likeness (QED) is 0.759. The van der Waals surface area contributed by atoms with Crippen LogP contribution in [0.2, 0.25) is 0 Å². The number of imidazole rings is 1. The molecule has 118 valence electrons. The first kappa shape index (κ1) is 14.1. The summed E-state index contributed by atoms with van der Waals surface area (Å²) >= 11 is 0. The zero-order valence-electron chi connectivity index (χ0n) is 13.0. The van der Waals surface area contributed by atoms with Crippen molar-refractivity contribution < 1.29 is 5.11 Å². The van der Waals surface area contributed by atoms with Crippen molar-refractivity contribution in [1.29, 1.82) is 0 Å². The zero-order valence-corrected chi connectivity index (χ0v) is 13.0. The number of rotatable bonds is 2. The van der Waals surface area contributed by atoms with E-state index in [9.17, 15) is 5.11 Å². The summed E-state index contributed by atoms with van der Waals surface area (Å²) in [6.45, 7) is 3.66.